The lowest BCUT2D eigenvalue weighted by atomic mass is 9.82. The zero-order valence-corrected chi connectivity index (χ0v) is 16.5. The van der Waals surface area contributed by atoms with E-state index in [1.165, 1.54) is 6.07 Å². The summed E-state index contributed by atoms with van der Waals surface area (Å²) in [6.07, 6.45) is -2.52. The average molecular weight is 415 g/mol. The number of piperazine rings is 1. The van der Waals surface area contributed by atoms with Crippen molar-refractivity contribution in [2.75, 3.05) is 36.0 Å². The molecule has 0 aromatic heterocycles. The SMILES string of the molecule is C=CCNC(=O)[C@H]1Cc2cc(C(F)(F)F)ccc2N2CCN(c3ccccc3)C[C@@H]12. The minimum atomic E-state index is -4.40. The van der Waals surface area contributed by atoms with Crippen LogP contribution in [0.5, 0.6) is 0 Å². The van der Waals surface area contributed by atoms with Crippen LogP contribution in [0.1, 0.15) is 11.1 Å². The second-order valence-corrected chi connectivity index (χ2v) is 7.73. The van der Waals surface area contributed by atoms with E-state index in [0.717, 1.165) is 24.0 Å². The number of rotatable bonds is 4. The molecular formula is C23H24F3N3O. The van der Waals surface area contributed by atoms with Gasteiger partial charge in [0, 0.05) is 37.6 Å². The second kappa shape index (κ2) is 8.05. The highest BCUT2D eigenvalue weighted by Crippen LogP contribution is 2.40. The molecule has 1 saturated heterocycles. The van der Waals surface area contributed by atoms with E-state index in [4.69, 9.17) is 0 Å². The fourth-order valence-electron chi connectivity index (χ4n) is 4.48. The highest BCUT2D eigenvalue weighted by Gasteiger charge is 2.42. The number of anilines is 2. The lowest BCUT2D eigenvalue weighted by molar-refractivity contribution is -0.137. The van der Waals surface area contributed by atoms with Crippen molar-refractivity contribution in [1.29, 1.82) is 0 Å². The number of alkyl halides is 3. The molecule has 2 aromatic rings. The number of hydrogen-bond donors (Lipinski definition) is 1. The quantitative estimate of drug-likeness (QED) is 0.770. The summed E-state index contributed by atoms with van der Waals surface area (Å²) in [5.41, 5.74) is 1.79. The Hall–Kier alpha value is -2.96. The first kappa shape index (κ1) is 20.3. The molecule has 2 heterocycles. The first-order valence-corrected chi connectivity index (χ1v) is 10.0. The van der Waals surface area contributed by atoms with E-state index < -0.39 is 17.7 Å². The van der Waals surface area contributed by atoms with Gasteiger partial charge in [-0.05, 0) is 42.3 Å². The van der Waals surface area contributed by atoms with E-state index in [1.54, 1.807) is 12.1 Å². The summed E-state index contributed by atoms with van der Waals surface area (Å²) < 4.78 is 39.7. The normalized spacial score (nSPS) is 20.9. The van der Waals surface area contributed by atoms with Crippen molar-refractivity contribution in [3.63, 3.8) is 0 Å². The first-order valence-electron chi connectivity index (χ1n) is 10.0. The zero-order chi connectivity index (χ0) is 21.3. The number of fused-ring (bicyclic) bond motifs is 3. The van der Waals surface area contributed by atoms with E-state index in [1.807, 2.05) is 30.3 Å². The highest BCUT2D eigenvalue weighted by molar-refractivity contribution is 5.82. The molecule has 30 heavy (non-hydrogen) atoms. The monoisotopic (exact) mass is 415 g/mol. The Bertz CT molecular complexity index is 929. The number of carbonyl (C=O) groups is 1. The molecule has 0 aliphatic carbocycles. The van der Waals surface area contributed by atoms with Gasteiger partial charge in [-0.3, -0.25) is 4.79 Å². The summed E-state index contributed by atoms with van der Waals surface area (Å²) >= 11 is 0. The predicted molar refractivity (Wildman–Crippen MR) is 112 cm³/mol. The van der Waals surface area contributed by atoms with Crippen LogP contribution in [0.25, 0.3) is 0 Å². The van der Waals surface area contributed by atoms with Crippen LogP contribution >= 0.6 is 0 Å². The van der Waals surface area contributed by atoms with Gasteiger partial charge in [-0.1, -0.05) is 24.3 Å². The largest absolute Gasteiger partial charge is 0.416 e. The fraction of sp³-hybridized carbons (Fsp3) is 0.348. The minimum absolute atomic E-state index is 0.118. The van der Waals surface area contributed by atoms with Gasteiger partial charge in [0.2, 0.25) is 5.91 Å². The molecule has 0 bridgehead atoms. The van der Waals surface area contributed by atoms with E-state index >= 15 is 0 Å². The van der Waals surface area contributed by atoms with Gasteiger partial charge in [-0.15, -0.1) is 6.58 Å². The van der Waals surface area contributed by atoms with Crippen LogP contribution in [0, 0.1) is 5.92 Å². The standard InChI is InChI=1S/C23H24F3N3O/c1-2-10-27-22(30)19-14-16-13-17(23(24,25)26)8-9-20(16)29-12-11-28(15-21(19)29)18-6-4-3-5-7-18/h2-9,13,19,21H,1,10-12,14-15H2,(H,27,30)/t19-,21-/m0/s1. The number of nitrogens with one attached hydrogen (secondary N) is 1. The third kappa shape index (κ3) is 3.88. The number of hydrogen-bond acceptors (Lipinski definition) is 3. The third-order valence-electron chi connectivity index (χ3n) is 5.92. The van der Waals surface area contributed by atoms with E-state index in [9.17, 15) is 18.0 Å². The number of nitrogens with zero attached hydrogens (tertiary/aromatic N) is 2. The van der Waals surface area contributed by atoms with Gasteiger partial charge in [-0.2, -0.15) is 13.2 Å². The van der Waals surface area contributed by atoms with Crippen LogP contribution in [0.4, 0.5) is 24.5 Å². The van der Waals surface area contributed by atoms with Crippen molar-refractivity contribution in [2.45, 2.75) is 18.6 Å². The Balaban J connectivity index is 1.68. The van der Waals surface area contributed by atoms with Gasteiger partial charge in [0.1, 0.15) is 0 Å². The van der Waals surface area contributed by atoms with Crippen molar-refractivity contribution < 1.29 is 18.0 Å². The highest BCUT2D eigenvalue weighted by atomic mass is 19.4. The Kier molecular flexibility index (Phi) is 5.45. The molecule has 4 nitrogen and oxygen atoms in total. The van der Waals surface area contributed by atoms with Gasteiger partial charge in [0.25, 0.3) is 0 Å². The lowest BCUT2D eigenvalue weighted by Gasteiger charge is -2.49. The third-order valence-corrected chi connectivity index (χ3v) is 5.92. The van der Waals surface area contributed by atoms with E-state index in [2.05, 4.69) is 21.7 Å². The number of carbonyl (C=O) groups excluding carboxylic acids is 1. The minimum Gasteiger partial charge on any atom is -0.368 e. The Morgan fingerprint density at radius 2 is 1.93 bits per heavy atom. The van der Waals surface area contributed by atoms with Crippen LogP contribution in [0.3, 0.4) is 0 Å². The van der Waals surface area contributed by atoms with Crippen molar-refractivity contribution in [3.05, 3.63) is 72.3 Å². The first-order chi connectivity index (χ1) is 14.4. The molecule has 1 fully saturated rings. The molecule has 0 spiro atoms. The molecular weight excluding hydrogens is 391 g/mol. The van der Waals surface area contributed by atoms with Crippen molar-refractivity contribution in [3.8, 4) is 0 Å². The van der Waals surface area contributed by atoms with Crippen LogP contribution in [0.15, 0.2) is 61.2 Å². The lowest BCUT2D eigenvalue weighted by Crippen LogP contribution is -2.61. The maximum Gasteiger partial charge on any atom is 0.416 e. The number of benzene rings is 2. The zero-order valence-electron chi connectivity index (χ0n) is 16.5. The topological polar surface area (TPSA) is 35.6 Å². The fourth-order valence-corrected chi connectivity index (χ4v) is 4.48. The van der Waals surface area contributed by atoms with Crippen molar-refractivity contribution in [2.24, 2.45) is 5.92 Å². The molecule has 158 valence electrons. The maximum atomic E-state index is 13.2. The Morgan fingerprint density at radius 3 is 2.63 bits per heavy atom. The van der Waals surface area contributed by atoms with Gasteiger partial charge in [0.05, 0.1) is 17.5 Å². The summed E-state index contributed by atoms with van der Waals surface area (Å²) in [4.78, 5) is 17.3. The Morgan fingerprint density at radius 1 is 1.17 bits per heavy atom. The number of halogens is 3. The van der Waals surface area contributed by atoms with Crippen LogP contribution in [-0.4, -0.2) is 38.1 Å². The molecule has 0 radical (unpaired) electrons. The summed E-state index contributed by atoms with van der Waals surface area (Å²) in [6, 6.07) is 13.8. The summed E-state index contributed by atoms with van der Waals surface area (Å²) in [7, 11) is 0. The van der Waals surface area contributed by atoms with Gasteiger partial charge < -0.3 is 15.1 Å². The molecule has 0 unspecified atom stereocenters. The predicted octanol–water partition coefficient (Wildman–Crippen LogP) is 3.88. The summed E-state index contributed by atoms with van der Waals surface area (Å²) in [5, 5.41) is 2.84. The van der Waals surface area contributed by atoms with Crippen LogP contribution in [-0.2, 0) is 17.4 Å². The van der Waals surface area contributed by atoms with E-state index in [-0.39, 0.29) is 18.4 Å². The van der Waals surface area contributed by atoms with Gasteiger partial charge >= 0.3 is 6.18 Å². The van der Waals surface area contributed by atoms with Crippen molar-refractivity contribution in [1.82, 2.24) is 5.32 Å². The molecule has 2 aliphatic rings. The molecule has 1 N–H and O–H groups in total. The average Bonchev–Trinajstić information content (AvgIpc) is 2.76. The molecule has 7 heteroatoms. The van der Waals surface area contributed by atoms with Crippen LogP contribution in [0.2, 0.25) is 0 Å². The molecule has 2 aliphatic heterocycles. The Labute approximate surface area is 174 Å². The maximum absolute atomic E-state index is 13.2. The van der Waals surface area contributed by atoms with Gasteiger partial charge in [0.15, 0.2) is 0 Å². The van der Waals surface area contributed by atoms with Crippen LogP contribution < -0.4 is 15.1 Å². The second-order valence-electron chi connectivity index (χ2n) is 7.73. The van der Waals surface area contributed by atoms with Gasteiger partial charge in [-0.25, -0.2) is 0 Å². The molecule has 0 saturated carbocycles. The smallest absolute Gasteiger partial charge is 0.368 e. The van der Waals surface area contributed by atoms with E-state index in [0.29, 0.717) is 25.2 Å². The summed E-state index contributed by atoms with van der Waals surface area (Å²) in [5.74, 6) is -0.588. The molecule has 4 rings (SSSR count). The van der Waals surface area contributed by atoms with Crippen molar-refractivity contribution >= 4 is 17.3 Å². The summed E-state index contributed by atoms with van der Waals surface area (Å²) in [6.45, 7) is 5.98. The number of amides is 1. The molecule has 1 amide bonds. The number of para-hydroxylation sites is 1. The molecule has 2 atom stereocenters. The molecule has 2 aromatic carbocycles.